The van der Waals surface area contributed by atoms with E-state index in [9.17, 15) is 4.79 Å². The van der Waals surface area contributed by atoms with E-state index < -0.39 is 5.66 Å². The third-order valence-electron chi connectivity index (χ3n) is 2.28. The molecule has 1 atom stereocenters. The van der Waals surface area contributed by atoms with Crippen LogP contribution < -0.4 is 5.73 Å². The summed E-state index contributed by atoms with van der Waals surface area (Å²) in [6, 6.07) is 0. The van der Waals surface area contributed by atoms with Gasteiger partial charge in [0.15, 0.2) is 11.6 Å². The molecule has 0 radical (unpaired) electrons. The minimum atomic E-state index is -1.39. The van der Waals surface area contributed by atoms with E-state index in [2.05, 4.69) is 20.0 Å². The summed E-state index contributed by atoms with van der Waals surface area (Å²) in [5.74, 6) is 0.231. The summed E-state index contributed by atoms with van der Waals surface area (Å²) in [4.78, 5) is 27.5. The van der Waals surface area contributed by atoms with Crippen molar-refractivity contribution >= 4 is 30.0 Å². The Labute approximate surface area is 86.7 Å². The van der Waals surface area contributed by atoms with Gasteiger partial charge < -0.3 is 0 Å². The van der Waals surface area contributed by atoms with Crippen LogP contribution in [0.1, 0.15) is 19.8 Å². The Bertz CT molecular complexity index is 420. The zero-order chi connectivity index (χ0) is 10.9. The minimum Gasteiger partial charge on any atom is -0.296 e. The highest BCUT2D eigenvalue weighted by Gasteiger charge is 2.43. The van der Waals surface area contributed by atoms with Crippen molar-refractivity contribution in [1.29, 1.82) is 0 Å². The highest BCUT2D eigenvalue weighted by Crippen LogP contribution is 2.18. The number of rotatable bonds is 3. The van der Waals surface area contributed by atoms with Gasteiger partial charge in [0, 0.05) is 6.42 Å². The van der Waals surface area contributed by atoms with Gasteiger partial charge in [-0.1, -0.05) is 6.92 Å². The van der Waals surface area contributed by atoms with Gasteiger partial charge in [0.05, 0.1) is 0 Å². The van der Waals surface area contributed by atoms with Crippen molar-refractivity contribution in [2.24, 2.45) is 25.7 Å². The molecule has 6 heteroatoms. The van der Waals surface area contributed by atoms with E-state index >= 15 is 0 Å². The predicted octanol–water partition coefficient (Wildman–Crippen LogP) is -0.0661. The Kier molecular flexibility index (Phi) is 2.28. The molecule has 0 amide bonds. The van der Waals surface area contributed by atoms with Gasteiger partial charge in [-0.05, 0) is 6.42 Å². The number of amidine groups is 1. The summed E-state index contributed by atoms with van der Waals surface area (Å²) in [5.41, 5.74) is 4.90. The lowest BCUT2D eigenvalue weighted by Gasteiger charge is -2.24. The molecule has 0 aliphatic carbocycles. The summed E-state index contributed by atoms with van der Waals surface area (Å²) >= 11 is 0. The average molecular weight is 205 g/mol. The van der Waals surface area contributed by atoms with Crippen molar-refractivity contribution in [3.8, 4) is 0 Å². The SMILES string of the molecule is CCCC(=O)C1(N)N=CN=C2N=CN=C21. The van der Waals surface area contributed by atoms with Crippen molar-refractivity contribution < 1.29 is 4.79 Å². The number of nitrogens with zero attached hydrogens (tertiary/aromatic N) is 4. The molecule has 0 saturated carbocycles. The van der Waals surface area contributed by atoms with E-state index in [0.29, 0.717) is 18.0 Å². The van der Waals surface area contributed by atoms with Crippen LogP contribution in [-0.4, -0.2) is 35.7 Å². The van der Waals surface area contributed by atoms with Crippen LogP contribution in [0.5, 0.6) is 0 Å². The van der Waals surface area contributed by atoms with Gasteiger partial charge in [-0.25, -0.2) is 20.0 Å². The Balaban J connectivity index is 2.34. The van der Waals surface area contributed by atoms with E-state index in [4.69, 9.17) is 5.73 Å². The van der Waals surface area contributed by atoms with Crippen molar-refractivity contribution in [2.45, 2.75) is 25.4 Å². The molecule has 2 aliphatic rings. The Morgan fingerprint density at radius 3 is 3.00 bits per heavy atom. The number of nitrogens with two attached hydrogens (primary N) is 1. The summed E-state index contributed by atoms with van der Waals surface area (Å²) in [6.07, 6.45) is 3.71. The van der Waals surface area contributed by atoms with E-state index in [-0.39, 0.29) is 5.78 Å². The van der Waals surface area contributed by atoms with Gasteiger partial charge in [0.1, 0.15) is 18.4 Å². The predicted molar refractivity (Wildman–Crippen MR) is 58.7 cm³/mol. The van der Waals surface area contributed by atoms with Crippen LogP contribution in [0, 0.1) is 0 Å². The molecule has 2 rings (SSSR count). The highest BCUT2D eigenvalue weighted by molar-refractivity contribution is 6.54. The molecule has 15 heavy (non-hydrogen) atoms. The number of carbonyl (C=O) groups is 1. The lowest BCUT2D eigenvalue weighted by atomic mass is 9.95. The molecule has 2 aliphatic heterocycles. The van der Waals surface area contributed by atoms with E-state index in [1.807, 2.05) is 6.92 Å². The topological polar surface area (TPSA) is 92.5 Å². The zero-order valence-corrected chi connectivity index (χ0v) is 8.34. The maximum absolute atomic E-state index is 11.8. The quantitative estimate of drug-likeness (QED) is 0.698. The molecule has 2 heterocycles. The molecule has 0 aromatic rings. The Hall–Kier alpha value is -1.69. The van der Waals surface area contributed by atoms with E-state index in [0.717, 1.165) is 6.42 Å². The van der Waals surface area contributed by atoms with Crippen LogP contribution >= 0.6 is 0 Å². The van der Waals surface area contributed by atoms with Gasteiger partial charge in [-0.15, -0.1) is 0 Å². The molecule has 1 unspecified atom stereocenters. The lowest BCUT2D eigenvalue weighted by molar-refractivity contribution is -0.121. The summed E-state index contributed by atoms with van der Waals surface area (Å²) in [7, 11) is 0. The lowest BCUT2D eigenvalue weighted by Crippen LogP contribution is -2.56. The fourth-order valence-corrected chi connectivity index (χ4v) is 1.48. The number of Topliss-reactive ketones (excluding diaryl/α,β-unsaturated/α-hetero) is 1. The van der Waals surface area contributed by atoms with Crippen molar-refractivity contribution in [3.63, 3.8) is 0 Å². The molecule has 6 nitrogen and oxygen atoms in total. The van der Waals surface area contributed by atoms with Crippen molar-refractivity contribution in [3.05, 3.63) is 0 Å². The second-order valence-electron chi connectivity index (χ2n) is 3.36. The first-order valence-electron chi connectivity index (χ1n) is 4.73. The third kappa shape index (κ3) is 1.42. The van der Waals surface area contributed by atoms with Crippen molar-refractivity contribution in [1.82, 2.24) is 0 Å². The summed E-state index contributed by atoms with van der Waals surface area (Å²) in [5, 5.41) is 0. The fraction of sp³-hybridized carbons (Fsp3) is 0.444. The van der Waals surface area contributed by atoms with Crippen LogP contribution in [0.2, 0.25) is 0 Å². The first kappa shape index (κ1) is 9.85. The monoisotopic (exact) mass is 205 g/mol. The normalized spacial score (nSPS) is 27.3. The molecule has 0 fully saturated rings. The van der Waals surface area contributed by atoms with E-state index in [1.165, 1.54) is 12.7 Å². The smallest absolute Gasteiger partial charge is 0.215 e. The number of carbonyl (C=O) groups excluding carboxylic acids is 1. The van der Waals surface area contributed by atoms with E-state index in [1.54, 1.807) is 0 Å². The Morgan fingerprint density at radius 2 is 2.27 bits per heavy atom. The Morgan fingerprint density at radius 1 is 1.47 bits per heavy atom. The van der Waals surface area contributed by atoms with Crippen LogP contribution in [0.15, 0.2) is 20.0 Å². The zero-order valence-electron chi connectivity index (χ0n) is 8.34. The summed E-state index contributed by atoms with van der Waals surface area (Å²) in [6.45, 7) is 1.91. The molecule has 0 spiro atoms. The molecular weight excluding hydrogens is 194 g/mol. The molecule has 0 aromatic carbocycles. The molecule has 2 N–H and O–H groups in total. The molecule has 78 valence electrons. The van der Waals surface area contributed by atoms with Gasteiger partial charge >= 0.3 is 0 Å². The first-order chi connectivity index (χ1) is 7.18. The molecule has 0 aromatic heterocycles. The number of hydrogen-bond acceptors (Lipinski definition) is 6. The number of hydrogen-bond donors (Lipinski definition) is 1. The standard InChI is InChI=1S/C9H11N5O/c1-2-3-6(15)9(10)7-8(12-4-11-7)13-5-14-9/h4-5H,2-3,10H2,1H3. The number of aliphatic imine (C=N–C) groups is 4. The maximum atomic E-state index is 11.8. The fourth-order valence-electron chi connectivity index (χ4n) is 1.48. The summed E-state index contributed by atoms with van der Waals surface area (Å²) < 4.78 is 0. The van der Waals surface area contributed by atoms with Crippen LogP contribution in [0.4, 0.5) is 0 Å². The largest absolute Gasteiger partial charge is 0.296 e. The van der Waals surface area contributed by atoms with Crippen LogP contribution in [-0.2, 0) is 4.79 Å². The third-order valence-corrected chi connectivity index (χ3v) is 2.28. The number of ketones is 1. The van der Waals surface area contributed by atoms with Gasteiger partial charge in [-0.2, -0.15) is 0 Å². The second-order valence-corrected chi connectivity index (χ2v) is 3.36. The van der Waals surface area contributed by atoms with Crippen molar-refractivity contribution in [2.75, 3.05) is 0 Å². The highest BCUT2D eigenvalue weighted by atomic mass is 16.1. The second kappa shape index (κ2) is 3.47. The van der Waals surface area contributed by atoms with Gasteiger partial charge in [0.2, 0.25) is 5.66 Å². The van der Waals surface area contributed by atoms with Gasteiger partial charge in [0.25, 0.3) is 0 Å². The van der Waals surface area contributed by atoms with Gasteiger partial charge in [-0.3, -0.25) is 10.5 Å². The molecule has 0 saturated heterocycles. The maximum Gasteiger partial charge on any atom is 0.215 e. The minimum absolute atomic E-state index is 0.155. The van der Waals surface area contributed by atoms with Crippen LogP contribution in [0.3, 0.4) is 0 Å². The number of fused-ring (bicyclic) bond motifs is 1. The molecule has 0 bridgehead atoms. The van der Waals surface area contributed by atoms with Crippen LogP contribution in [0.25, 0.3) is 0 Å². The average Bonchev–Trinajstić information content (AvgIpc) is 2.68. The molecular formula is C9H11N5O. The first-order valence-corrected chi connectivity index (χ1v) is 4.73.